The highest BCUT2D eigenvalue weighted by Crippen LogP contribution is 2.39. The number of benzene rings is 2. The molecule has 6 rings (SSSR count). The minimum atomic E-state index is -3.20. The van der Waals surface area contributed by atoms with Crippen LogP contribution in [0.3, 0.4) is 0 Å². The van der Waals surface area contributed by atoms with Crippen LogP contribution in [0.4, 0.5) is 30.4 Å². The molecule has 1 saturated heterocycles. The van der Waals surface area contributed by atoms with Gasteiger partial charge in [-0.1, -0.05) is 0 Å². The van der Waals surface area contributed by atoms with Crippen molar-refractivity contribution in [3.05, 3.63) is 72.7 Å². The number of fused-ring (bicyclic) bond motifs is 2. The molecule has 0 saturated carbocycles. The summed E-state index contributed by atoms with van der Waals surface area (Å²) in [4.78, 5) is 27.4. The minimum Gasteiger partial charge on any atom is -0.494 e. The number of amides is 1. The molecule has 2 aromatic carbocycles. The Balaban J connectivity index is 1.31. The molecule has 5 aromatic rings. The monoisotopic (exact) mass is 634 g/mol. The van der Waals surface area contributed by atoms with Gasteiger partial charge in [-0.3, -0.25) is 9.69 Å². The zero-order chi connectivity index (χ0) is 32.4. The molecule has 0 aliphatic carbocycles. The fourth-order valence-electron chi connectivity index (χ4n) is 5.21. The van der Waals surface area contributed by atoms with E-state index in [1.54, 1.807) is 35.0 Å². The summed E-state index contributed by atoms with van der Waals surface area (Å²) in [5.74, 6) is -0.773. The van der Waals surface area contributed by atoms with Gasteiger partial charge in [0.05, 0.1) is 24.0 Å². The number of hydrogen-bond acceptors (Lipinski definition) is 10. The maximum Gasteiger partial charge on any atom is 0.387 e. The smallest absolute Gasteiger partial charge is 0.387 e. The lowest BCUT2D eigenvalue weighted by Gasteiger charge is -2.17. The van der Waals surface area contributed by atoms with E-state index in [2.05, 4.69) is 35.4 Å². The first-order chi connectivity index (χ1) is 22.2. The lowest BCUT2D eigenvalue weighted by atomic mass is 10.1. The Morgan fingerprint density at radius 1 is 1.07 bits per heavy atom. The number of rotatable bonds is 10. The van der Waals surface area contributed by atoms with E-state index in [0.29, 0.717) is 40.4 Å². The summed E-state index contributed by atoms with van der Waals surface area (Å²) in [5, 5.41) is 9.97. The number of nitrogens with one attached hydrogen (secondary N) is 2. The van der Waals surface area contributed by atoms with Crippen molar-refractivity contribution in [2.24, 2.45) is 0 Å². The van der Waals surface area contributed by atoms with Gasteiger partial charge in [0.2, 0.25) is 0 Å². The Morgan fingerprint density at radius 2 is 1.91 bits per heavy atom. The third kappa shape index (κ3) is 6.49. The van der Waals surface area contributed by atoms with Gasteiger partial charge in [0.1, 0.15) is 35.7 Å². The van der Waals surface area contributed by atoms with Crippen molar-refractivity contribution in [1.82, 2.24) is 29.5 Å². The average Bonchev–Trinajstić information content (AvgIpc) is 3.66. The van der Waals surface area contributed by atoms with Crippen molar-refractivity contribution in [2.45, 2.75) is 32.4 Å². The molecule has 1 aliphatic rings. The van der Waals surface area contributed by atoms with Crippen LogP contribution in [0, 0.1) is 6.92 Å². The number of nitrogens with zero attached hydrogens (tertiary/aromatic N) is 6. The Morgan fingerprint density at radius 3 is 2.67 bits per heavy atom. The van der Waals surface area contributed by atoms with E-state index in [4.69, 9.17) is 9.47 Å². The highest BCUT2D eigenvalue weighted by atomic mass is 19.3. The highest BCUT2D eigenvalue weighted by molar-refractivity contribution is 6.05. The number of alkyl halides is 2. The van der Waals surface area contributed by atoms with Gasteiger partial charge in [-0.05, 0) is 63.2 Å². The van der Waals surface area contributed by atoms with Crippen LogP contribution in [0.25, 0.3) is 16.6 Å². The van der Waals surface area contributed by atoms with Crippen molar-refractivity contribution in [3.63, 3.8) is 0 Å². The lowest BCUT2D eigenvalue weighted by molar-refractivity contribution is -0.114. The maximum atomic E-state index is 14.9. The van der Waals surface area contributed by atoms with E-state index in [0.717, 1.165) is 18.5 Å². The molecule has 1 fully saturated rings. The van der Waals surface area contributed by atoms with Crippen LogP contribution in [0.5, 0.6) is 23.0 Å². The van der Waals surface area contributed by atoms with Gasteiger partial charge < -0.3 is 24.8 Å². The third-order valence-corrected chi connectivity index (χ3v) is 7.56. The fraction of sp³-hybridized carbons (Fsp3) is 0.258. The molecule has 1 amide bonds. The Kier molecular flexibility index (Phi) is 8.57. The molecule has 0 radical (unpaired) electrons. The molecular weight excluding hydrogens is 605 g/mol. The van der Waals surface area contributed by atoms with Crippen LogP contribution in [-0.2, 0) is 4.79 Å². The number of methoxy groups -OCH3 is 1. The van der Waals surface area contributed by atoms with E-state index < -0.39 is 18.3 Å². The Bertz CT molecular complexity index is 1950. The molecule has 0 bridgehead atoms. The SMILES string of the molecule is COc1cc(Oc2ccn3ncnc3c2)c(C)cc1Nc1ncnc2cc(OC(F)F)c(NC(=O)/C(F)=C\[C@H]3CCCN3C)cc12. The van der Waals surface area contributed by atoms with Crippen molar-refractivity contribution in [3.8, 4) is 23.0 Å². The number of pyridine rings is 1. The summed E-state index contributed by atoms with van der Waals surface area (Å²) in [6, 6.07) is 9.32. The summed E-state index contributed by atoms with van der Waals surface area (Å²) in [7, 11) is 3.33. The average molecular weight is 635 g/mol. The second-order valence-electron chi connectivity index (χ2n) is 10.6. The van der Waals surface area contributed by atoms with Gasteiger partial charge in [0.15, 0.2) is 17.2 Å². The van der Waals surface area contributed by atoms with Crippen LogP contribution in [0.2, 0.25) is 0 Å². The third-order valence-electron chi connectivity index (χ3n) is 7.56. The van der Waals surface area contributed by atoms with Gasteiger partial charge in [-0.15, -0.1) is 0 Å². The number of carbonyl (C=O) groups excluding carboxylic acids is 1. The van der Waals surface area contributed by atoms with Gasteiger partial charge in [0.25, 0.3) is 5.91 Å². The van der Waals surface area contributed by atoms with Crippen LogP contribution in [-0.4, -0.2) is 68.7 Å². The molecule has 1 atom stereocenters. The van der Waals surface area contributed by atoms with Gasteiger partial charge in [0, 0.05) is 35.8 Å². The van der Waals surface area contributed by atoms with Crippen LogP contribution in [0.1, 0.15) is 18.4 Å². The van der Waals surface area contributed by atoms with Gasteiger partial charge in [-0.25, -0.2) is 23.9 Å². The summed E-state index contributed by atoms with van der Waals surface area (Å²) < 4.78 is 59.5. The van der Waals surface area contributed by atoms with E-state index in [1.807, 2.05) is 18.9 Å². The second-order valence-corrected chi connectivity index (χ2v) is 10.6. The summed E-state index contributed by atoms with van der Waals surface area (Å²) in [6.07, 6.45) is 7.22. The number of ether oxygens (including phenoxy) is 3. The molecular formula is C31H29F3N8O4. The first-order valence-electron chi connectivity index (χ1n) is 14.2. The number of halogens is 3. The van der Waals surface area contributed by atoms with E-state index in [1.165, 1.54) is 38.0 Å². The number of aryl methyl sites for hydroxylation is 1. The maximum absolute atomic E-state index is 14.9. The van der Waals surface area contributed by atoms with E-state index in [-0.39, 0.29) is 28.8 Å². The zero-order valence-corrected chi connectivity index (χ0v) is 25.0. The van der Waals surface area contributed by atoms with Crippen LogP contribution >= 0.6 is 0 Å². The predicted molar refractivity (Wildman–Crippen MR) is 164 cm³/mol. The van der Waals surface area contributed by atoms with Crippen LogP contribution < -0.4 is 24.8 Å². The van der Waals surface area contributed by atoms with E-state index in [9.17, 15) is 18.0 Å². The number of likely N-dealkylation sites (N-methyl/N-ethyl adjacent to an activating group) is 1. The summed E-state index contributed by atoms with van der Waals surface area (Å²) in [6.45, 7) is -0.574. The first-order valence-corrected chi connectivity index (χ1v) is 14.2. The van der Waals surface area contributed by atoms with Crippen molar-refractivity contribution < 1.29 is 32.2 Å². The fourth-order valence-corrected chi connectivity index (χ4v) is 5.21. The van der Waals surface area contributed by atoms with Gasteiger partial charge >= 0.3 is 6.61 Å². The number of carbonyl (C=O) groups is 1. The molecule has 4 heterocycles. The van der Waals surface area contributed by atoms with Crippen LogP contribution in [0.15, 0.2) is 67.2 Å². The molecule has 12 nitrogen and oxygen atoms in total. The first kappa shape index (κ1) is 30.6. The largest absolute Gasteiger partial charge is 0.494 e. The molecule has 0 spiro atoms. The number of hydrogen-bond donors (Lipinski definition) is 2. The zero-order valence-electron chi connectivity index (χ0n) is 25.0. The molecule has 0 unspecified atom stereocenters. The number of likely N-dealkylation sites (tertiary alicyclic amines) is 1. The predicted octanol–water partition coefficient (Wildman–Crippen LogP) is 6.01. The molecule has 46 heavy (non-hydrogen) atoms. The summed E-state index contributed by atoms with van der Waals surface area (Å²) >= 11 is 0. The van der Waals surface area contributed by atoms with E-state index >= 15 is 0 Å². The molecule has 15 heteroatoms. The molecule has 2 N–H and O–H groups in total. The Hall–Kier alpha value is -5.44. The summed E-state index contributed by atoms with van der Waals surface area (Å²) in [5.41, 5.74) is 1.92. The standard InChI is InChI=1S/C31H29F3N8O4/c1-17-9-23(26(44-3)14-25(17)45-19-6-8-42-28(11-19)36-16-38-42)39-29-20-12-24(27(46-31(33)34)13-22(20)35-15-37-29)40-30(43)21(32)10-18-5-4-7-41(18)2/h6,8-16,18,31H,4-5,7H2,1-3H3,(H,40,43)(H,35,37,39)/b21-10+/t18-/m1/s1. The van der Waals surface area contributed by atoms with Crippen molar-refractivity contribution in [1.29, 1.82) is 0 Å². The normalized spacial score (nSPS) is 15.5. The minimum absolute atomic E-state index is 0.185. The quantitative estimate of drug-likeness (QED) is 0.176. The number of aromatic nitrogens is 5. The second kappa shape index (κ2) is 12.9. The molecule has 1 aliphatic heterocycles. The van der Waals surface area contributed by atoms with Crippen molar-refractivity contribution in [2.75, 3.05) is 31.3 Å². The highest BCUT2D eigenvalue weighted by Gasteiger charge is 2.23. The Labute approximate surface area is 260 Å². The lowest BCUT2D eigenvalue weighted by Crippen LogP contribution is -2.24. The van der Waals surface area contributed by atoms with Crippen molar-refractivity contribution >= 4 is 39.6 Å². The molecule has 238 valence electrons. The topological polar surface area (TPSA) is 128 Å². The number of anilines is 3. The van der Waals surface area contributed by atoms with Gasteiger partial charge in [-0.2, -0.15) is 13.9 Å². The molecule has 3 aromatic heterocycles.